The molecule has 1 aromatic carbocycles. The minimum absolute atomic E-state index is 0.0792. The van der Waals surface area contributed by atoms with Crippen LogP contribution in [0.3, 0.4) is 0 Å². The van der Waals surface area contributed by atoms with Crippen LogP contribution in [-0.4, -0.2) is 40.0 Å². The minimum atomic E-state index is -0.809. The van der Waals surface area contributed by atoms with Crippen molar-refractivity contribution in [3.63, 3.8) is 0 Å². The summed E-state index contributed by atoms with van der Waals surface area (Å²) in [6, 6.07) is 3.63. The molecule has 2 bridgehead atoms. The van der Waals surface area contributed by atoms with Gasteiger partial charge in [0.1, 0.15) is 0 Å². The van der Waals surface area contributed by atoms with Crippen LogP contribution < -0.4 is 14.2 Å². The zero-order valence-electron chi connectivity index (χ0n) is 16.9. The fraction of sp³-hybridized carbons (Fsp3) is 0.455. The van der Waals surface area contributed by atoms with Crippen LogP contribution in [0.15, 0.2) is 36.6 Å². The van der Waals surface area contributed by atoms with Crippen LogP contribution in [0.2, 0.25) is 0 Å². The van der Waals surface area contributed by atoms with Crippen LogP contribution in [0.5, 0.6) is 17.2 Å². The lowest BCUT2D eigenvalue weighted by atomic mass is 9.71. The summed E-state index contributed by atoms with van der Waals surface area (Å²) < 4.78 is 21.6. The highest BCUT2D eigenvalue weighted by molar-refractivity contribution is 6.17. The van der Waals surface area contributed by atoms with Gasteiger partial charge in [-0.1, -0.05) is 13.0 Å². The second-order valence-corrected chi connectivity index (χ2v) is 7.23. The molecular formula is C22H26O6. The molecule has 1 saturated carbocycles. The van der Waals surface area contributed by atoms with Gasteiger partial charge in [0.05, 0.1) is 39.8 Å². The van der Waals surface area contributed by atoms with Crippen molar-refractivity contribution in [1.82, 2.24) is 0 Å². The molecule has 6 nitrogen and oxygen atoms in total. The summed E-state index contributed by atoms with van der Waals surface area (Å²) in [5.74, 6) is 0.0494. The summed E-state index contributed by atoms with van der Waals surface area (Å²) in [6.07, 6.45) is 3.87. The van der Waals surface area contributed by atoms with Crippen LogP contribution >= 0.6 is 0 Å². The van der Waals surface area contributed by atoms with E-state index in [1.165, 1.54) is 28.4 Å². The Kier molecular flexibility index (Phi) is 5.24. The molecule has 0 aromatic heterocycles. The highest BCUT2D eigenvalue weighted by Crippen LogP contribution is 2.59. The quantitative estimate of drug-likeness (QED) is 0.529. The van der Waals surface area contributed by atoms with Gasteiger partial charge in [0.15, 0.2) is 23.0 Å². The van der Waals surface area contributed by atoms with Crippen molar-refractivity contribution in [2.75, 3.05) is 28.4 Å². The topological polar surface area (TPSA) is 71.1 Å². The largest absolute Gasteiger partial charge is 0.493 e. The Morgan fingerprint density at radius 3 is 2.11 bits per heavy atom. The van der Waals surface area contributed by atoms with E-state index >= 15 is 0 Å². The van der Waals surface area contributed by atoms with Gasteiger partial charge in [-0.2, -0.15) is 0 Å². The number of hydrogen-bond donors (Lipinski definition) is 0. The molecule has 0 heterocycles. The zero-order valence-corrected chi connectivity index (χ0v) is 16.9. The number of methoxy groups -OCH3 is 4. The van der Waals surface area contributed by atoms with Crippen molar-refractivity contribution in [2.24, 2.45) is 17.3 Å². The Labute approximate surface area is 165 Å². The molecule has 0 N–H and O–H groups in total. The maximum Gasteiger partial charge on any atom is 0.208 e. The molecule has 150 valence electrons. The van der Waals surface area contributed by atoms with E-state index in [0.717, 1.165) is 5.56 Å². The Balaban J connectivity index is 2.21. The molecule has 0 spiro atoms. The average Bonchev–Trinajstić information content (AvgIpc) is 2.85. The van der Waals surface area contributed by atoms with E-state index in [1.54, 1.807) is 12.2 Å². The first-order valence-electron chi connectivity index (χ1n) is 9.16. The molecule has 0 aliphatic heterocycles. The van der Waals surface area contributed by atoms with Crippen LogP contribution in [0.1, 0.15) is 24.8 Å². The number of hydrogen-bond acceptors (Lipinski definition) is 6. The van der Waals surface area contributed by atoms with Gasteiger partial charge in [-0.05, 0) is 36.1 Å². The second kappa shape index (κ2) is 7.34. The van der Waals surface area contributed by atoms with Crippen molar-refractivity contribution in [3.8, 4) is 17.2 Å². The SMILES string of the molecule is C=CC[C@@]12C=C(OC)C(=O)[C@@H](C1=O)[C@@H](c1cc(OC)c(OC)c(OC)c1)[C@@H]2C. The lowest BCUT2D eigenvalue weighted by Crippen LogP contribution is -2.38. The molecule has 4 atom stereocenters. The van der Waals surface area contributed by atoms with E-state index in [4.69, 9.17) is 18.9 Å². The maximum absolute atomic E-state index is 13.3. The fourth-order valence-corrected chi connectivity index (χ4v) is 4.75. The van der Waals surface area contributed by atoms with E-state index in [-0.39, 0.29) is 29.2 Å². The van der Waals surface area contributed by atoms with E-state index in [2.05, 4.69) is 6.58 Å². The zero-order chi connectivity index (χ0) is 20.6. The number of ketones is 2. The minimum Gasteiger partial charge on any atom is -0.493 e. The normalized spacial score (nSPS) is 28.6. The molecule has 1 fully saturated rings. The number of ether oxygens (including phenoxy) is 4. The first-order valence-corrected chi connectivity index (χ1v) is 9.16. The molecule has 0 amide bonds. The van der Waals surface area contributed by atoms with Crippen LogP contribution in [0.25, 0.3) is 0 Å². The standard InChI is InChI=1S/C22H26O6/c1-7-8-22-11-16(27-5)19(23)18(21(22)24)17(12(22)2)13-9-14(25-3)20(28-6)15(10-13)26-4/h7,9-12,17-18H,1,8H2,2-6H3/t12-,17+,18-,22-/m0/s1. The van der Waals surface area contributed by atoms with Gasteiger partial charge < -0.3 is 18.9 Å². The summed E-state index contributed by atoms with van der Waals surface area (Å²) in [6.45, 7) is 5.81. The monoisotopic (exact) mass is 386 g/mol. The van der Waals surface area contributed by atoms with Gasteiger partial charge in [0.25, 0.3) is 0 Å². The molecule has 6 heteroatoms. The first kappa shape index (κ1) is 20.0. The number of rotatable bonds is 7. The second-order valence-electron chi connectivity index (χ2n) is 7.23. The van der Waals surface area contributed by atoms with Crippen LogP contribution in [-0.2, 0) is 14.3 Å². The highest BCUT2D eigenvalue weighted by atomic mass is 16.5. The summed E-state index contributed by atoms with van der Waals surface area (Å²) >= 11 is 0. The Morgan fingerprint density at radius 2 is 1.64 bits per heavy atom. The number of benzene rings is 1. The molecule has 0 radical (unpaired) electrons. The van der Waals surface area contributed by atoms with Gasteiger partial charge in [-0.25, -0.2) is 0 Å². The smallest absolute Gasteiger partial charge is 0.208 e. The van der Waals surface area contributed by atoms with Gasteiger partial charge in [-0.3, -0.25) is 9.59 Å². The predicted octanol–water partition coefficient (Wildman–Crippen LogP) is 3.31. The molecule has 2 aliphatic carbocycles. The van der Waals surface area contributed by atoms with E-state index < -0.39 is 11.3 Å². The van der Waals surface area contributed by atoms with Crippen LogP contribution in [0, 0.1) is 17.3 Å². The molecule has 2 aliphatic rings. The number of carbonyl (C=O) groups excluding carboxylic acids is 2. The number of carbonyl (C=O) groups is 2. The van der Waals surface area contributed by atoms with Crippen molar-refractivity contribution in [2.45, 2.75) is 19.3 Å². The lowest BCUT2D eigenvalue weighted by molar-refractivity contribution is -0.136. The summed E-state index contributed by atoms with van der Waals surface area (Å²) in [4.78, 5) is 26.3. The molecule has 3 rings (SSSR count). The van der Waals surface area contributed by atoms with Crippen molar-refractivity contribution >= 4 is 11.6 Å². The molecule has 1 aromatic rings. The first-order chi connectivity index (χ1) is 13.4. The summed E-state index contributed by atoms with van der Waals surface area (Å²) in [5, 5.41) is 0. The third kappa shape index (κ3) is 2.62. The van der Waals surface area contributed by atoms with Gasteiger partial charge in [-0.15, -0.1) is 6.58 Å². The average molecular weight is 386 g/mol. The third-order valence-corrected chi connectivity index (χ3v) is 6.14. The van der Waals surface area contributed by atoms with Crippen molar-refractivity contribution < 1.29 is 28.5 Å². The van der Waals surface area contributed by atoms with Gasteiger partial charge in [0, 0.05) is 5.92 Å². The molecular weight excluding hydrogens is 360 g/mol. The number of Topliss-reactive ketones (excluding diaryl/α,β-unsaturated/α-hetero) is 2. The van der Waals surface area contributed by atoms with Crippen LogP contribution in [0.4, 0.5) is 0 Å². The van der Waals surface area contributed by atoms with Gasteiger partial charge >= 0.3 is 0 Å². The summed E-state index contributed by atoms with van der Waals surface area (Å²) in [7, 11) is 6.07. The molecule has 28 heavy (non-hydrogen) atoms. The predicted molar refractivity (Wildman–Crippen MR) is 104 cm³/mol. The Morgan fingerprint density at radius 1 is 1.04 bits per heavy atom. The fourth-order valence-electron chi connectivity index (χ4n) is 4.75. The van der Waals surface area contributed by atoms with Crippen molar-refractivity contribution in [1.29, 1.82) is 0 Å². The number of fused-ring (bicyclic) bond motifs is 2. The summed E-state index contributed by atoms with van der Waals surface area (Å²) in [5.41, 5.74) is -0.0121. The lowest BCUT2D eigenvalue weighted by Gasteiger charge is -2.31. The van der Waals surface area contributed by atoms with E-state index in [0.29, 0.717) is 23.7 Å². The Bertz CT molecular complexity index is 830. The molecule has 0 saturated heterocycles. The molecule has 0 unspecified atom stereocenters. The highest BCUT2D eigenvalue weighted by Gasteiger charge is 2.62. The van der Waals surface area contributed by atoms with E-state index in [1.807, 2.05) is 19.1 Å². The van der Waals surface area contributed by atoms with Crippen molar-refractivity contribution in [3.05, 3.63) is 42.2 Å². The van der Waals surface area contributed by atoms with Gasteiger partial charge in [0.2, 0.25) is 11.5 Å². The third-order valence-electron chi connectivity index (χ3n) is 6.14. The maximum atomic E-state index is 13.3. The number of allylic oxidation sites excluding steroid dienone is 3. The Hall–Kier alpha value is -2.76. The van der Waals surface area contributed by atoms with E-state index in [9.17, 15) is 9.59 Å².